The number of hydrogen-bond acceptors (Lipinski definition) is 4. The molecule has 1 aliphatic heterocycles. The van der Waals surface area contributed by atoms with Gasteiger partial charge < -0.3 is 15.2 Å². The summed E-state index contributed by atoms with van der Waals surface area (Å²) in [6.45, 7) is 1.90. The summed E-state index contributed by atoms with van der Waals surface area (Å²) in [5.41, 5.74) is 6.57. The van der Waals surface area contributed by atoms with Crippen molar-refractivity contribution >= 4 is 5.78 Å². The van der Waals surface area contributed by atoms with Crippen molar-refractivity contribution in [3.63, 3.8) is 0 Å². The minimum absolute atomic E-state index is 0.0634. The first-order chi connectivity index (χ1) is 10.3. The Morgan fingerprint density at radius 2 is 1.86 bits per heavy atom. The monoisotopic (exact) mass is 289 g/mol. The van der Waals surface area contributed by atoms with Crippen molar-refractivity contribution in [2.24, 2.45) is 17.6 Å². The lowest BCUT2D eigenvalue weighted by molar-refractivity contribution is 0.0829. The lowest BCUT2D eigenvalue weighted by Crippen LogP contribution is -2.32. The Morgan fingerprint density at radius 3 is 2.67 bits per heavy atom. The molecular weight excluding hydrogens is 266 g/mol. The van der Waals surface area contributed by atoms with Gasteiger partial charge in [0.25, 0.3) is 0 Å². The van der Waals surface area contributed by atoms with Crippen molar-refractivity contribution in [3.8, 4) is 11.5 Å². The van der Waals surface area contributed by atoms with E-state index in [1.54, 1.807) is 0 Å². The molecule has 0 spiro atoms. The van der Waals surface area contributed by atoms with Gasteiger partial charge in [0.05, 0.1) is 13.2 Å². The van der Waals surface area contributed by atoms with Crippen LogP contribution in [-0.4, -0.2) is 25.5 Å². The lowest BCUT2D eigenvalue weighted by atomic mass is 9.75. The van der Waals surface area contributed by atoms with Gasteiger partial charge in [0, 0.05) is 17.9 Å². The van der Waals surface area contributed by atoms with E-state index in [0.29, 0.717) is 31.4 Å². The second-order valence-corrected chi connectivity index (χ2v) is 5.96. The summed E-state index contributed by atoms with van der Waals surface area (Å²) in [5, 5.41) is 0. The molecule has 2 unspecified atom stereocenters. The summed E-state index contributed by atoms with van der Waals surface area (Å²) >= 11 is 0. The summed E-state index contributed by atoms with van der Waals surface area (Å²) in [6, 6.07) is 5.55. The van der Waals surface area contributed by atoms with Crippen LogP contribution in [0.4, 0.5) is 0 Å². The Morgan fingerprint density at radius 1 is 1.10 bits per heavy atom. The van der Waals surface area contributed by atoms with Crippen LogP contribution in [0.5, 0.6) is 11.5 Å². The molecule has 0 amide bonds. The van der Waals surface area contributed by atoms with E-state index in [1.165, 1.54) is 6.42 Å². The highest BCUT2D eigenvalue weighted by molar-refractivity contribution is 5.98. The average molecular weight is 289 g/mol. The standard InChI is InChI=1S/C17H23NO3/c18-11-13-4-1-2-5-14(13)17(19)12-6-7-15-16(10-12)21-9-3-8-20-15/h6-7,10,13-14H,1-5,8-9,11,18H2. The van der Waals surface area contributed by atoms with Crippen LogP contribution in [-0.2, 0) is 0 Å². The van der Waals surface area contributed by atoms with E-state index in [4.69, 9.17) is 15.2 Å². The highest BCUT2D eigenvalue weighted by Gasteiger charge is 2.31. The van der Waals surface area contributed by atoms with Gasteiger partial charge in [0.15, 0.2) is 17.3 Å². The van der Waals surface area contributed by atoms with Gasteiger partial charge in [0.1, 0.15) is 0 Å². The summed E-state index contributed by atoms with van der Waals surface area (Å²) in [4.78, 5) is 12.8. The average Bonchev–Trinajstić information content (AvgIpc) is 2.78. The summed E-state index contributed by atoms with van der Waals surface area (Å²) in [5.74, 6) is 2.03. The predicted molar refractivity (Wildman–Crippen MR) is 80.9 cm³/mol. The third-order valence-corrected chi connectivity index (χ3v) is 4.58. The number of rotatable bonds is 3. The number of nitrogens with two attached hydrogens (primary N) is 1. The van der Waals surface area contributed by atoms with Gasteiger partial charge >= 0.3 is 0 Å². The van der Waals surface area contributed by atoms with Gasteiger partial charge in [0.2, 0.25) is 0 Å². The Hall–Kier alpha value is -1.55. The number of carbonyl (C=O) groups is 1. The van der Waals surface area contributed by atoms with Gasteiger partial charge in [-0.2, -0.15) is 0 Å². The first-order valence-corrected chi connectivity index (χ1v) is 7.93. The highest BCUT2D eigenvalue weighted by Crippen LogP contribution is 2.35. The molecule has 1 saturated carbocycles. The molecule has 1 aromatic carbocycles. The molecule has 1 aliphatic carbocycles. The largest absolute Gasteiger partial charge is 0.490 e. The Kier molecular flexibility index (Phi) is 4.44. The molecule has 114 valence electrons. The van der Waals surface area contributed by atoms with Gasteiger partial charge in [-0.15, -0.1) is 0 Å². The SMILES string of the molecule is NCC1CCCCC1C(=O)c1ccc2c(c1)OCCCO2. The number of hydrogen-bond donors (Lipinski definition) is 1. The van der Waals surface area contributed by atoms with Crippen molar-refractivity contribution in [2.75, 3.05) is 19.8 Å². The van der Waals surface area contributed by atoms with Crippen molar-refractivity contribution in [1.29, 1.82) is 0 Å². The lowest BCUT2D eigenvalue weighted by Gasteiger charge is -2.29. The molecular formula is C17H23NO3. The van der Waals surface area contributed by atoms with Crippen LogP contribution in [0.2, 0.25) is 0 Å². The van der Waals surface area contributed by atoms with E-state index in [9.17, 15) is 4.79 Å². The number of ether oxygens (including phenoxy) is 2. The van der Waals surface area contributed by atoms with Crippen LogP contribution >= 0.6 is 0 Å². The van der Waals surface area contributed by atoms with Gasteiger partial charge in [-0.05, 0) is 43.5 Å². The quantitative estimate of drug-likeness (QED) is 0.869. The van der Waals surface area contributed by atoms with E-state index in [-0.39, 0.29) is 11.7 Å². The Balaban J connectivity index is 1.82. The van der Waals surface area contributed by atoms with Crippen LogP contribution < -0.4 is 15.2 Å². The molecule has 1 fully saturated rings. The minimum Gasteiger partial charge on any atom is -0.490 e. The number of benzene rings is 1. The van der Waals surface area contributed by atoms with Gasteiger partial charge in [-0.1, -0.05) is 12.8 Å². The summed E-state index contributed by atoms with van der Waals surface area (Å²) in [7, 11) is 0. The Labute approximate surface area is 125 Å². The van der Waals surface area contributed by atoms with Crippen LogP contribution in [0.25, 0.3) is 0 Å². The van der Waals surface area contributed by atoms with Crippen LogP contribution in [0.1, 0.15) is 42.5 Å². The fourth-order valence-corrected chi connectivity index (χ4v) is 3.37. The summed E-state index contributed by atoms with van der Waals surface area (Å²) < 4.78 is 11.3. The maximum atomic E-state index is 12.8. The van der Waals surface area contributed by atoms with Crippen molar-refractivity contribution in [3.05, 3.63) is 23.8 Å². The topological polar surface area (TPSA) is 61.6 Å². The third kappa shape index (κ3) is 3.05. The maximum Gasteiger partial charge on any atom is 0.166 e. The first kappa shape index (κ1) is 14.4. The van der Waals surface area contributed by atoms with E-state index in [2.05, 4.69) is 0 Å². The van der Waals surface area contributed by atoms with Crippen LogP contribution in [0.3, 0.4) is 0 Å². The van der Waals surface area contributed by atoms with Crippen molar-refractivity contribution in [1.82, 2.24) is 0 Å². The molecule has 3 rings (SSSR count). The Bertz CT molecular complexity index is 515. The van der Waals surface area contributed by atoms with Crippen LogP contribution in [0, 0.1) is 11.8 Å². The zero-order valence-electron chi connectivity index (χ0n) is 12.3. The second-order valence-electron chi connectivity index (χ2n) is 5.96. The molecule has 4 nitrogen and oxygen atoms in total. The third-order valence-electron chi connectivity index (χ3n) is 4.58. The minimum atomic E-state index is 0.0634. The molecule has 2 atom stereocenters. The molecule has 2 aliphatic rings. The fraction of sp³-hybridized carbons (Fsp3) is 0.588. The number of fused-ring (bicyclic) bond motifs is 1. The zero-order chi connectivity index (χ0) is 14.7. The van der Waals surface area contributed by atoms with Crippen molar-refractivity contribution in [2.45, 2.75) is 32.1 Å². The molecule has 1 heterocycles. The van der Waals surface area contributed by atoms with E-state index < -0.39 is 0 Å². The van der Waals surface area contributed by atoms with Crippen molar-refractivity contribution < 1.29 is 14.3 Å². The second kappa shape index (κ2) is 6.48. The number of carbonyl (C=O) groups excluding carboxylic acids is 1. The van der Waals surface area contributed by atoms with E-state index in [1.807, 2.05) is 18.2 Å². The molecule has 0 bridgehead atoms. The smallest absolute Gasteiger partial charge is 0.166 e. The van der Waals surface area contributed by atoms with E-state index in [0.717, 1.165) is 37.0 Å². The van der Waals surface area contributed by atoms with Gasteiger partial charge in [-0.25, -0.2) is 0 Å². The first-order valence-electron chi connectivity index (χ1n) is 7.93. The molecule has 1 aromatic rings. The normalized spacial score (nSPS) is 25.2. The number of ketones is 1. The fourth-order valence-electron chi connectivity index (χ4n) is 3.37. The predicted octanol–water partition coefficient (Wildman–Crippen LogP) is 2.80. The molecule has 0 aromatic heterocycles. The summed E-state index contributed by atoms with van der Waals surface area (Å²) in [6.07, 6.45) is 5.20. The molecule has 0 saturated heterocycles. The highest BCUT2D eigenvalue weighted by atomic mass is 16.5. The van der Waals surface area contributed by atoms with E-state index >= 15 is 0 Å². The maximum absolute atomic E-state index is 12.8. The molecule has 2 N–H and O–H groups in total. The molecule has 21 heavy (non-hydrogen) atoms. The van der Waals surface area contributed by atoms with Crippen LogP contribution in [0.15, 0.2) is 18.2 Å². The number of Topliss-reactive ketones (excluding diaryl/α,β-unsaturated/α-hetero) is 1. The van der Waals surface area contributed by atoms with Gasteiger partial charge in [-0.3, -0.25) is 4.79 Å². The zero-order valence-corrected chi connectivity index (χ0v) is 12.3. The molecule has 0 radical (unpaired) electrons. The molecule has 4 heteroatoms.